The summed E-state index contributed by atoms with van der Waals surface area (Å²) in [6, 6.07) is 6.33. The second kappa shape index (κ2) is 6.97. The molecule has 2 aromatic rings. The fraction of sp³-hybridized carbons (Fsp3) is 0.385. The van der Waals surface area contributed by atoms with Crippen LogP contribution in [0.2, 0.25) is 0 Å². The standard InChI is InChI=1S/C26H27F2NO/c1-15-14-26(2,3)29-21-11-10-18-19-12-17(27)13-20(28)25(19)30-24(23(18)22(15)21)16-8-6-4-5-7-9-16/h6,8,10-14,16,24,29H,4-5,7,9H2,1-3H3. The first kappa shape index (κ1) is 19.3. The van der Waals surface area contributed by atoms with Gasteiger partial charge in [-0.25, -0.2) is 8.78 Å². The van der Waals surface area contributed by atoms with Crippen LogP contribution in [0.1, 0.15) is 63.7 Å². The van der Waals surface area contributed by atoms with Crippen molar-refractivity contribution in [2.75, 3.05) is 5.32 Å². The van der Waals surface area contributed by atoms with Crippen LogP contribution in [0.5, 0.6) is 5.75 Å². The van der Waals surface area contributed by atoms with Crippen LogP contribution in [-0.2, 0) is 0 Å². The van der Waals surface area contributed by atoms with Crippen molar-refractivity contribution >= 4 is 11.3 Å². The second-order valence-electron chi connectivity index (χ2n) is 9.30. The molecule has 30 heavy (non-hydrogen) atoms. The molecule has 0 aromatic heterocycles. The summed E-state index contributed by atoms with van der Waals surface area (Å²) in [5.74, 6) is -0.907. The van der Waals surface area contributed by atoms with Crippen molar-refractivity contribution in [2.45, 2.75) is 58.1 Å². The number of anilines is 1. The zero-order valence-corrected chi connectivity index (χ0v) is 17.7. The van der Waals surface area contributed by atoms with E-state index in [2.05, 4.69) is 44.3 Å². The zero-order valence-electron chi connectivity index (χ0n) is 17.7. The Morgan fingerprint density at radius 2 is 1.93 bits per heavy atom. The molecule has 1 N–H and O–H groups in total. The minimum Gasteiger partial charge on any atom is -0.481 e. The number of nitrogens with one attached hydrogen (secondary N) is 1. The number of ether oxygens (including phenoxy) is 1. The van der Waals surface area contributed by atoms with Crippen molar-refractivity contribution in [1.82, 2.24) is 0 Å². The molecule has 2 aliphatic heterocycles. The Hall–Kier alpha value is -2.62. The average Bonchev–Trinajstić information content (AvgIpc) is 2.95. The first-order chi connectivity index (χ1) is 14.3. The van der Waals surface area contributed by atoms with Crippen molar-refractivity contribution in [3.63, 3.8) is 0 Å². The van der Waals surface area contributed by atoms with Gasteiger partial charge >= 0.3 is 0 Å². The summed E-state index contributed by atoms with van der Waals surface area (Å²) in [6.07, 6.45) is 10.7. The first-order valence-electron chi connectivity index (χ1n) is 10.8. The van der Waals surface area contributed by atoms with E-state index < -0.39 is 11.6 Å². The first-order valence-corrected chi connectivity index (χ1v) is 10.8. The molecule has 2 aromatic carbocycles. The topological polar surface area (TPSA) is 21.3 Å². The Morgan fingerprint density at radius 3 is 2.77 bits per heavy atom. The number of fused-ring (bicyclic) bond motifs is 5. The predicted octanol–water partition coefficient (Wildman–Crippen LogP) is 7.42. The smallest absolute Gasteiger partial charge is 0.168 e. The summed E-state index contributed by atoms with van der Waals surface area (Å²) in [6.45, 7) is 6.39. The Labute approximate surface area is 176 Å². The molecule has 2 atom stereocenters. The molecule has 5 rings (SSSR count). The number of hydrogen-bond acceptors (Lipinski definition) is 2. The highest BCUT2D eigenvalue weighted by molar-refractivity contribution is 5.89. The van der Waals surface area contributed by atoms with Gasteiger partial charge in [-0.2, -0.15) is 0 Å². The largest absolute Gasteiger partial charge is 0.481 e. The van der Waals surface area contributed by atoms with E-state index in [-0.39, 0.29) is 23.3 Å². The molecule has 0 saturated heterocycles. The summed E-state index contributed by atoms with van der Waals surface area (Å²) >= 11 is 0. The lowest BCUT2D eigenvalue weighted by Crippen LogP contribution is -2.33. The van der Waals surface area contributed by atoms with E-state index in [1.165, 1.54) is 6.07 Å². The van der Waals surface area contributed by atoms with Crippen LogP contribution in [0.3, 0.4) is 0 Å². The number of hydrogen-bond donors (Lipinski definition) is 1. The molecule has 2 heterocycles. The van der Waals surface area contributed by atoms with Crippen molar-refractivity contribution < 1.29 is 13.5 Å². The number of benzene rings is 2. The summed E-state index contributed by atoms with van der Waals surface area (Å²) in [7, 11) is 0. The van der Waals surface area contributed by atoms with Crippen LogP contribution in [0, 0.1) is 17.6 Å². The highest BCUT2D eigenvalue weighted by Gasteiger charge is 2.38. The molecule has 2 unspecified atom stereocenters. The van der Waals surface area contributed by atoms with Crippen LogP contribution in [-0.4, -0.2) is 5.54 Å². The Balaban J connectivity index is 1.77. The number of rotatable bonds is 1. The van der Waals surface area contributed by atoms with Crippen molar-refractivity contribution in [1.29, 1.82) is 0 Å². The van der Waals surface area contributed by atoms with Gasteiger partial charge < -0.3 is 10.1 Å². The van der Waals surface area contributed by atoms with Crippen LogP contribution in [0.25, 0.3) is 16.7 Å². The average molecular weight is 408 g/mol. The summed E-state index contributed by atoms with van der Waals surface area (Å²) in [4.78, 5) is 0. The molecule has 2 nitrogen and oxygen atoms in total. The molecule has 4 heteroatoms. The molecular weight excluding hydrogens is 380 g/mol. The lowest BCUT2D eigenvalue weighted by Gasteiger charge is -2.39. The van der Waals surface area contributed by atoms with Crippen LogP contribution in [0.4, 0.5) is 14.5 Å². The Bertz CT molecular complexity index is 1080. The zero-order chi connectivity index (χ0) is 21.0. The third kappa shape index (κ3) is 3.13. The second-order valence-corrected chi connectivity index (χ2v) is 9.30. The van der Waals surface area contributed by atoms with Gasteiger partial charge in [-0.15, -0.1) is 0 Å². The maximum atomic E-state index is 14.8. The molecule has 1 aliphatic carbocycles. The monoisotopic (exact) mass is 407 g/mol. The summed E-state index contributed by atoms with van der Waals surface area (Å²) < 4.78 is 35.3. The Kier molecular flexibility index (Phi) is 4.49. The van der Waals surface area contributed by atoms with E-state index in [4.69, 9.17) is 4.74 Å². The van der Waals surface area contributed by atoms with E-state index in [0.717, 1.165) is 59.7 Å². The third-order valence-corrected chi connectivity index (χ3v) is 6.43. The van der Waals surface area contributed by atoms with E-state index in [1.54, 1.807) is 0 Å². The van der Waals surface area contributed by atoms with Gasteiger partial charge in [0.25, 0.3) is 0 Å². The van der Waals surface area contributed by atoms with Crippen molar-refractivity contribution in [3.05, 3.63) is 65.3 Å². The molecular formula is C26H27F2NO. The number of halogens is 2. The molecule has 0 spiro atoms. The normalized spacial score (nSPS) is 23.8. The van der Waals surface area contributed by atoms with E-state index in [1.807, 2.05) is 12.1 Å². The van der Waals surface area contributed by atoms with Crippen molar-refractivity contribution in [2.24, 2.45) is 5.92 Å². The van der Waals surface area contributed by atoms with Gasteiger partial charge in [0, 0.05) is 34.4 Å². The quantitative estimate of drug-likeness (QED) is 0.497. The molecule has 0 bridgehead atoms. The molecule has 3 aliphatic rings. The van der Waals surface area contributed by atoms with E-state index in [0.29, 0.717) is 5.56 Å². The van der Waals surface area contributed by atoms with Crippen LogP contribution in [0.15, 0.2) is 42.5 Å². The maximum absolute atomic E-state index is 14.8. The Morgan fingerprint density at radius 1 is 1.10 bits per heavy atom. The predicted molar refractivity (Wildman–Crippen MR) is 118 cm³/mol. The lowest BCUT2D eigenvalue weighted by molar-refractivity contribution is 0.142. The summed E-state index contributed by atoms with van der Waals surface area (Å²) in [5.41, 5.74) is 5.56. The van der Waals surface area contributed by atoms with Gasteiger partial charge in [-0.1, -0.05) is 30.7 Å². The lowest BCUT2D eigenvalue weighted by atomic mass is 9.78. The molecule has 0 radical (unpaired) electrons. The van der Waals surface area contributed by atoms with Gasteiger partial charge in [0.15, 0.2) is 11.6 Å². The van der Waals surface area contributed by atoms with Gasteiger partial charge in [0.05, 0.1) is 5.54 Å². The molecule has 0 saturated carbocycles. The highest BCUT2D eigenvalue weighted by atomic mass is 19.1. The van der Waals surface area contributed by atoms with Gasteiger partial charge in [-0.3, -0.25) is 0 Å². The minimum atomic E-state index is -0.637. The summed E-state index contributed by atoms with van der Waals surface area (Å²) in [5, 5.41) is 3.60. The number of allylic oxidation sites excluding steroid dienone is 2. The van der Waals surface area contributed by atoms with Gasteiger partial charge in [0.2, 0.25) is 0 Å². The molecule has 0 fully saturated rings. The SMILES string of the molecule is CC1=CC(C)(C)Nc2ccc3c(c21)C(C1C=CCCCC1)Oc1c(F)cc(F)cc1-3. The molecule has 0 amide bonds. The fourth-order valence-electron chi connectivity index (χ4n) is 5.30. The van der Waals surface area contributed by atoms with Crippen LogP contribution >= 0.6 is 0 Å². The molecule has 156 valence electrons. The van der Waals surface area contributed by atoms with Gasteiger partial charge in [0.1, 0.15) is 11.9 Å². The minimum absolute atomic E-state index is 0.151. The van der Waals surface area contributed by atoms with Gasteiger partial charge in [-0.05, 0) is 63.3 Å². The maximum Gasteiger partial charge on any atom is 0.168 e. The van der Waals surface area contributed by atoms with E-state index >= 15 is 0 Å². The van der Waals surface area contributed by atoms with Crippen molar-refractivity contribution in [3.8, 4) is 16.9 Å². The fourth-order valence-corrected chi connectivity index (χ4v) is 5.30. The highest BCUT2D eigenvalue weighted by Crippen LogP contribution is 2.52. The van der Waals surface area contributed by atoms with E-state index in [9.17, 15) is 8.78 Å². The van der Waals surface area contributed by atoms with Crippen LogP contribution < -0.4 is 10.1 Å². The third-order valence-electron chi connectivity index (χ3n) is 6.43.